The van der Waals surface area contributed by atoms with Gasteiger partial charge in [-0.25, -0.2) is 4.79 Å². The first-order chi connectivity index (χ1) is 11.6. The van der Waals surface area contributed by atoms with Gasteiger partial charge in [0.15, 0.2) is 0 Å². The molecule has 0 aliphatic carbocycles. The van der Waals surface area contributed by atoms with Gasteiger partial charge in [0.25, 0.3) is 0 Å². The number of carboxylic acid groups (broad SMARTS) is 1. The predicted octanol–water partition coefficient (Wildman–Crippen LogP) is 4.17. The quantitative estimate of drug-likeness (QED) is 0.620. The summed E-state index contributed by atoms with van der Waals surface area (Å²) >= 11 is 3.33. The maximum Gasteiger partial charge on any atom is 0.404 e. The van der Waals surface area contributed by atoms with Crippen LogP contribution in [0.1, 0.15) is 35.4 Å². The van der Waals surface area contributed by atoms with E-state index in [1.54, 1.807) is 22.7 Å². The summed E-state index contributed by atoms with van der Waals surface area (Å²) in [6.07, 6.45) is 1.90. The van der Waals surface area contributed by atoms with Crippen LogP contribution in [0.15, 0.2) is 35.0 Å². The Kier molecular flexibility index (Phi) is 7.77. The molecule has 0 spiro atoms. The lowest BCUT2D eigenvalue weighted by Crippen LogP contribution is -2.29. The Balaban J connectivity index is 1.79. The topological polar surface area (TPSA) is 69.6 Å². The van der Waals surface area contributed by atoms with Gasteiger partial charge in [0, 0.05) is 22.7 Å². The molecule has 130 valence electrons. The van der Waals surface area contributed by atoms with Gasteiger partial charge in [0.1, 0.15) is 0 Å². The molecule has 2 heterocycles. The Hall–Kier alpha value is -1.86. The highest BCUT2D eigenvalue weighted by atomic mass is 32.1. The highest BCUT2D eigenvalue weighted by molar-refractivity contribution is 7.10. The lowest BCUT2D eigenvalue weighted by atomic mass is 10.1. The number of carbonyl (C=O) groups excluding carboxylic acids is 1. The third-order valence-corrected chi connectivity index (χ3v) is 5.27. The van der Waals surface area contributed by atoms with Gasteiger partial charge < -0.3 is 15.3 Å². The highest BCUT2D eigenvalue weighted by Gasteiger charge is 2.15. The molecular weight excluding hydrogens is 344 g/mol. The van der Waals surface area contributed by atoms with E-state index in [0.717, 1.165) is 19.3 Å². The number of thiophene rings is 2. The van der Waals surface area contributed by atoms with Crippen LogP contribution in [0.3, 0.4) is 0 Å². The van der Waals surface area contributed by atoms with Gasteiger partial charge in [-0.15, -0.1) is 22.7 Å². The van der Waals surface area contributed by atoms with E-state index < -0.39 is 6.09 Å². The third-order valence-electron chi connectivity index (χ3n) is 3.55. The molecule has 7 heteroatoms. The number of nitrogens with one attached hydrogen (secondary N) is 1. The summed E-state index contributed by atoms with van der Waals surface area (Å²) in [5.74, 6) is 0.156. The molecule has 2 amide bonds. The second-order valence-electron chi connectivity index (χ2n) is 5.45. The third kappa shape index (κ3) is 6.72. The molecular formula is C17H22N2O3S2. The van der Waals surface area contributed by atoms with Crippen molar-refractivity contribution in [3.63, 3.8) is 0 Å². The fourth-order valence-corrected chi connectivity index (χ4v) is 3.78. The summed E-state index contributed by atoms with van der Waals surface area (Å²) in [5.41, 5.74) is 0. The lowest BCUT2D eigenvalue weighted by molar-refractivity contribution is -0.132. The van der Waals surface area contributed by atoms with Crippen molar-refractivity contribution in [2.24, 2.45) is 0 Å². The molecule has 5 nitrogen and oxygen atoms in total. The Morgan fingerprint density at radius 1 is 1.00 bits per heavy atom. The van der Waals surface area contributed by atoms with Crippen molar-refractivity contribution in [1.29, 1.82) is 0 Å². The summed E-state index contributed by atoms with van der Waals surface area (Å²) in [5, 5.41) is 14.9. The van der Waals surface area contributed by atoms with Crippen molar-refractivity contribution in [2.75, 3.05) is 6.54 Å². The van der Waals surface area contributed by atoms with Crippen LogP contribution in [0.4, 0.5) is 4.79 Å². The fourth-order valence-electron chi connectivity index (χ4n) is 2.35. The maximum absolute atomic E-state index is 12.6. The molecule has 2 aromatic heterocycles. The van der Waals surface area contributed by atoms with E-state index in [4.69, 9.17) is 5.11 Å². The number of rotatable bonds is 10. The van der Waals surface area contributed by atoms with E-state index >= 15 is 0 Å². The first-order valence-corrected chi connectivity index (χ1v) is 9.70. The van der Waals surface area contributed by atoms with E-state index in [9.17, 15) is 9.59 Å². The van der Waals surface area contributed by atoms with Gasteiger partial charge in [-0.2, -0.15) is 0 Å². The molecule has 0 fully saturated rings. The van der Waals surface area contributed by atoms with Crippen molar-refractivity contribution in [2.45, 2.75) is 38.8 Å². The van der Waals surface area contributed by atoms with Crippen LogP contribution in [0.25, 0.3) is 0 Å². The van der Waals surface area contributed by atoms with Crippen molar-refractivity contribution >= 4 is 34.7 Å². The number of carbonyl (C=O) groups is 2. The normalized spacial score (nSPS) is 10.5. The van der Waals surface area contributed by atoms with Crippen molar-refractivity contribution in [3.8, 4) is 0 Å². The molecule has 0 aromatic carbocycles. The minimum atomic E-state index is -0.996. The fraction of sp³-hybridized carbons (Fsp3) is 0.412. The van der Waals surface area contributed by atoms with Crippen LogP contribution < -0.4 is 5.32 Å². The molecule has 0 bridgehead atoms. The average Bonchev–Trinajstić information content (AvgIpc) is 3.23. The smallest absolute Gasteiger partial charge is 0.404 e. The SMILES string of the molecule is O=C(O)NCCCCCC(=O)N(Cc1cccs1)Cc1cccs1. The van der Waals surface area contributed by atoms with Crippen molar-refractivity contribution in [3.05, 3.63) is 44.8 Å². The molecule has 2 aromatic rings. The van der Waals surface area contributed by atoms with Gasteiger partial charge >= 0.3 is 6.09 Å². The summed E-state index contributed by atoms with van der Waals surface area (Å²) in [4.78, 5) is 27.2. The number of amides is 2. The maximum atomic E-state index is 12.6. The van der Waals surface area contributed by atoms with E-state index in [-0.39, 0.29) is 5.91 Å². The van der Waals surface area contributed by atoms with Gasteiger partial charge in [0.05, 0.1) is 13.1 Å². The Bertz CT molecular complexity index is 576. The molecule has 2 N–H and O–H groups in total. The zero-order valence-electron chi connectivity index (χ0n) is 13.4. The summed E-state index contributed by atoms with van der Waals surface area (Å²) in [6, 6.07) is 8.11. The van der Waals surface area contributed by atoms with Crippen LogP contribution in [0.2, 0.25) is 0 Å². The number of unbranched alkanes of at least 4 members (excludes halogenated alkanes) is 2. The second-order valence-corrected chi connectivity index (χ2v) is 7.52. The molecule has 0 atom stereocenters. The summed E-state index contributed by atoms with van der Waals surface area (Å²) in [7, 11) is 0. The zero-order valence-corrected chi connectivity index (χ0v) is 15.1. The molecule has 0 unspecified atom stereocenters. The Labute approximate surface area is 149 Å². The molecule has 2 rings (SSSR count). The summed E-state index contributed by atoms with van der Waals surface area (Å²) in [6.45, 7) is 1.74. The van der Waals surface area contributed by atoms with Crippen LogP contribution in [0, 0.1) is 0 Å². The molecule has 0 saturated heterocycles. The Morgan fingerprint density at radius 2 is 1.62 bits per heavy atom. The van der Waals surface area contributed by atoms with Gasteiger partial charge in [-0.1, -0.05) is 18.6 Å². The molecule has 0 aliphatic heterocycles. The molecule has 0 radical (unpaired) electrons. The standard InChI is InChI=1S/C17H22N2O3S2/c20-16(8-2-1-3-9-18-17(21)22)19(12-14-6-4-10-23-14)13-15-7-5-11-24-15/h4-7,10-11,18H,1-3,8-9,12-13H2,(H,21,22). The average molecular weight is 367 g/mol. The minimum Gasteiger partial charge on any atom is -0.465 e. The van der Waals surface area contributed by atoms with Crippen LogP contribution in [0.5, 0.6) is 0 Å². The zero-order chi connectivity index (χ0) is 17.2. The van der Waals surface area contributed by atoms with Crippen LogP contribution in [-0.2, 0) is 17.9 Å². The van der Waals surface area contributed by atoms with E-state index in [1.807, 2.05) is 27.8 Å². The minimum absolute atomic E-state index is 0.156. The largest absolute Gasteiger partial charge is 0.465 e. The van der Waals surface area contributed by atoms with E-state index in [2.05, 4.69) is 17.4 Å². The monoisotopic (exact) mass is 366 g/mol. The second kappa shape index (κ2) is 10.1. The van der Waals surface area contributed by atoms with Gasteiger partial charge in [-0.05, 0) is 35.7 Å². The molecule has 0 saturated carbocycles. The molecule has 24 heavy (non-hydrogen) atoms. The van der Waals surface area contributed by atoms with Gasteiger partial charge in [-0.3, -0.25) is 4.79 Å². The predicted molar refractivity (Wildman–Crippen MR) is 97.4 cm³/mol. The number of hydrogen-bond donors (Lipinski definition) is 2. The van der Waals surface area contributed by atoms with Crippen molar-refractivity contribution in [1.82, 2.24) is 10.2 Å². The summed E-state index contributed by atoms with van der Waals surface area (Å²) < 4.78 is 0. The van der Waals surface area contributed by atoms with E-state index in [0.29, 0.717) is 26.1 Å². The highest BCUT2D eigenvalue weighted by Crippen LogP contribution is 2.18. The first-order valence-electron chi connectivity index (χ1n) is 7.94. The number of nitrogens with zero attached hydrogens (tertiary/aromatic N) is 1. The lowest BCUT2D eigenvalue weighted by Gasteiger charge is -2.21. The molecule has 0 aliphatic rings. The van der Waals surface area contributed by atoms with Crippen molar-refractivity contribution < 1.29 is 14.7 Å². The van der Waals surface area contributed by atoms with Crippen LogP contribution >= 0.6 is 22.7 Å². The number of hydrogen-bond acceptors (Lipinski definition) is 4. The Morgan fingerprint density at radius 3 is 2.12 bits per heavy atom. The van der Waals surface area contributed by atoms with Crippen LogP contribution in [-0.4, -0.2) is 28.6 Å². The van der Waals surface area contributed by atoms with Gasteiger partial charge in [0.2, 0.25) is 5.91 Å². The first kappa shape index (κ1) is 18.5. The van der Waals surface area contributed by atoms with E-state index in [1.165, 1.54) is 9.75 Å².